The number of likely N-dealkylation sites (tertiary alicyclic amines) is 1. The van der Waals surface area contributed by atoms with E-state index in [2.05, 4.69) is 64.2 Å². The number of carbonyl (C=O) groups is 6. The van der Waals surface area contributed by atoms with Gasteiger partial charge in [-0.2, -0.15) is 0 Å². The Morgan fingerprint density at radius 2 is 1.31 bits per heavy atom. The minimum atomic E-state index is -0.531. The lowest BCUT2D eigenvalue weighted by molar-refractivity contribution is -0.152. The highest BCUT2D eigenvalue weighted by Gasteiger charge is 2.30. The Morgan fingerprint density at radius 1 is 0.770 bits per heavy atom. The number of aliphatic hydroxyl groups is 4. The lowest BCUT2D eigenvalue weighted by Crippen LogP contribution is -2.32. The van der Waals surface area contributed by atoms with Gasteiger partial charge in [0.05, 0.1) is 58.1 Å². The molecule has 3 atom stereocenters. The normalized spacial score (nSPS) is 21.5. The summed E-state index contributed by atoms with van der Waals surface area (Å²) >= 11 is 0. The highest BCUT2D eigenvalue weighted by atomic mass is 16.8. The van der Waals surface area contributed by atoms with E-state index in [1.807, 2.05) is 41.5 Å². The van der Waals surface area contributed by atoms with Crippen LogP contribution in [0, 0.1) is 17.3 Å². The molecular weight excluding hydrogens is 961 g/mol. The number of cyclic esters (lactones) is 5. The Labute approximate surface area is 447 Å². The van der Waals surface area contributed by atoms with Crippen LogP contribution in [0.5, 0.6) is 0 Å². The summed E-state index contributed by atoms with van der Waals surface area (Å²) in [6.45, 7) is 28.8. The van der Waals surface area contributed by atoms with Crippen LogP contribution in [0.4, 0.5) is 4.79 Å². The Kier molecular flexibility index (Phi) is 51.1. The molecule has 0 radical (unpaired) electrons. The first-order valence-corrected chi connectivity index (χ1v) is 26.9. The lowest BCUT2D eigenvalue weighted by Gasteiger charge is -2.27. The van der Waals surface area contributed by atoms with E-state index < -0.39 is 12.3 Å². The predicted molar refractivity (Wildman–Crippen MR) is 288 cm³/mol. The van der Waals surface area contributed by atoms with Crippen LogP contribution in [0.25, 0.3) is 0 Å². The first kappa shape index (κ1) is 77.0. The number of ketones is 1. The van der Waals surface area contributed by atoms with Gasteiger partial charge < -0.3 is 68.9 Å². The van der Waals surface area contributed by atoms with Crippen molar-refractivity contribution in [3.63, 3.8) is 0 Å². The van der Waals surface area contributed by atoms with Crippen molar-refractivity contribution in [2.24, 2.45) is 17.3 Å². The number of morpholine rings is 1. The highest BCUT2D eigenvalue weighted by Crippen LogP contribution is 2.29. The van der Waals surface area contributed by atoms with Crippen molar-refractivity contribution in [2.75, 3.05) is 121 Å². The van der Waals surface area contributed by atoms with E-state index in [4.69, 9.17) is 34.6 Å². The first-order valence-electron chi connectivity index (χ1n) is 26.9. The molecule has 3 unspecified atom stereocenters. The number of carbonyl (C=O) groups excluding carboxylic acids is 6. The third-order valence-corrected chi connectivity index (χ3v) is 11.6. The average Bonchev–Trinajstić information content (AvgIpc) is 4.18. The van der Waals surface area contributed by atoms with Gasteiger partial charge in [0, 0.05) is 66.5 Å². The zero-order chi connectivity index (χ0) is 57.5. The van der Waals surface area contributed by atoms with Gasteiger partial charge in [-0.05, 0) is 124 Å². The molecule has 6 heterocycles. The zero-order valence-electron chi connectivity index (χ0n) is 48.9. The SMILES string of the molecule is CC(=O)N(C)C.CC1(C)CCC(=O)O1.CC1(C)CCOC(=O)C1.CC1CCC(=O)CC1.CC1CCOC1=O.CCC(O)CO.CCC1COC(=O)O1.CCCO.CN1CCCC1.CN1CCOCC1.CNCCO. The maximum absolute atomic E-state index is 10.7. The number of hydrogen-bond donors (Lipinski definition) is 5. The summed E-state index contributed by atoms with van der Waals surface area (Å²) in [6, 6.07) is 0. The molecule has 7 rings (SSSR count). The van der Waals surface area contributed by atoms with E-state index in [0.29, 0.717) is 58.0 Å². The number of esters is 3. The van der Waals surface area contributed by atoms with Crippen molar-refractivity contribution < 1.29 is 77.6 Å². The molecule has 0 aromatic heterocycles. The van der Waals surface area contributed by atoms with Crippen LogP contribution in [0.15, 0.2) is 0 Å². The number of likely N-dealkylation sites (N-methyl/N-ethyl adjacent to an activating group) is 2. The minimum Gasteiger partial charge on any atom is -0.466 e. The second-order valence-corrected chi connectivity index (χ2v) is 20.5. The number of Topliss-reactive ketones (excluding diaryl/α,β-unsaturated/α-hetero) is 1. The maximum Gasteiger partial charge on any atom is 0.508 e. The minimum absolute atomic E-state index is 0.00231. The molecule has 0 aromatic rings. The van der Waals surface area contributed by atoms with Gasteiger partial charge in [-0.3, -0.25) is 24.0 Å². The van der Waals surface area contributed by atoms with E-state index in [1.54, 1.807) is 21.1 Å². The molecule has 7 aliphatic rings. The molecule has 7 fully saturated rings. The molecule has 20 nitrogen and oxygen atoms in total. The van der Waals surface area contributed by atoms with Crippen LogP contribution in [0.1, 0.15) is 159 Å². The van der Waals surface area contributed by atoms with Crippen LogP contribution in [0.2, 0.25) is 0 Å². The van der Waals surface area contributed by atoms with E-state index >= 15 is 0 Å². The first-order chi connectivity index (χ1) is 34.7. The monoisotopic (exact) mass is 1070 g/mol. The summed E-state index contributed by atoms with van der Waals surface area (Å²) in [6.07, 6.45) is 12.0. The molecule has 5 N–H and O–H groups in total. The lowest BCUT2D eigenvalue weighted by atomic mass is 9.85. The van der Waals surface area contributed by atoms with E-state index in [1.165, 1.54) is 37.8 Å². The fourth-order valence-corrected chi connectivity index (χ4v) is 5.80. The number of aliphatic hydroxyl groups excluding tert-OH is 4. The summed E-state index contributed by atoms with van der Waals surface area (Å²) in [5.41, 5.74) is -0.00752. The van der Waals surface area contributed by atoms with E-state index in [-0.39, 0.29) is 60.1 Å². The van der Waals surface area contributed by atoms with Gasteiger partial charge in [0.25, 0.3) is 0 Å². The molecule has 0 spiro atoms. The summed E-state index contributed by atoms with van der Waals surface area (Å²) in [5, 5.41) is 35.1. The number of amides is 1. The summed E-state index contributed by atoms with van der Waals surface area (Å²) in [4.78, 5) is 68.4. The molecule has 440 valence electrons. The Hall–Kier alpha value is -3.50. The number of nitrogens with zero attached hydrogens (tertiary/aromatic N) is 3. The van der Waals surface area contributed by atoms with Crippen LogP contribution in [-0.4, -0.2) is 210 Å². The van der Waals surface area contributed by atoms with Crippen LogP contribution < -0.4 is 5.32 Å². The summed E-state index contributed by atoms with van der Waals surface area (Å²) in [5.74, 6) is 1.35. The van der Waals surface area contributed by atoms with Crippen molar-refractivity contribution in [2.45, 2.75) is 177 Å². The van der Waals surface area contributed by atoms with Crippen molar-refractivity contribution in [3.8, 4) is 0 Å². The highest BCUT2D eigenvalue weighted by molar-refractivity contribution is 5.79. The Bertz CT molecular complexity index is 1390. The van der Waals surface area contributed by atoms with E-state index in [9.17, 15) is 28.8 Å². The fraction of sp³-hybridized carbons (Fsp3) is 0.889. The topological polar surface area (TPSA) is 260 Å². The quantitative estimate of drug-likeness (QED) is 0.155. The molecule has 74 heavy (non-hydrogen) atoms. The van der Waals surface area contributed by atoms with Crippen LogP contribution >= 0.6 is 0 Å². The largest absolute Gasteiger partial charge is 0.508 e. The number of ether oxygens (including phenoxy) is 6. The molecular formula is C54H108N4O16. The third-order valence-electron chi connectivity index (χ3n) is 11.6. The molecule has 0 aromatic carbocycles. The number of rotatable bonds is 6. The Morgan fingerprint density at radius 3 is 1.49 bits per heavy atom. The van der Waals surface area contributed by atoms with Crippen molar-refractivity contribution >= 4 is 35.8 Å². The van der Waals surface area contributed by atoms with Gasteiger partial charge in [-0.25, -0.2) is 4.79 Å². The third kappa shape index (κ3) is 53.3. The predicted octanol–water partition coefficient (Wildman–Crippen LogP) is 5.81. The van der Waals surface area contributed by atoms with Gasteiger partial charge in [-0.1, -0.05) is 48.5 Å². The van der Waals surface area contributed by atoms with Gasteiger partial charge >= 0.3 is 24.1 Å². The van der Waals surface area contributed by atoms with Gasteiger partial charge in [0.15, 0.2) is 0 Å². The number of hydrogen-bond acceptors (Lipinski definition) is 19. The molecule has 0 bridgehead atoms. The molecule has 6 aliphatic heterocycles. The second-order valence-electron chi connectivity index (χ2n) is 20.5. The molecule has 1 amide bonds. The molecule has 20 heteroatoms. The van der Waals surface area contributed by atoms with Crippen molar-refractivity contribution in [1.82, 2.24) is 20.0 Å². The van der Waals surface area contributed by atoms with Gasteiger partial charge in [-0.15, -0.1) is 0 Å². The van der Waals surface area contributed by atoms with Crippen LogP contribution in [0.3, 0.4) is 0 Å². The fourth-order valence-electron chi connectivity index (χ4n) is 5.80. The summed E-state index contributed by atoms with van der Waals surface area (Å²) in [7, 11) is 9.54. The summed E-state index contributed by atoms with van der Waals surface area (Å²) < 4.78 is 28.6. The van der Waals surface area contributed by atoms with Gasteiger partial charge in [0.2, 0.25) is 5.91 Å². The molecule has 1 saturated carbocycles. The standard InChI is InChI=1S/C7H12O2.C7H12O.C6H10O2.C5H11NO.C5H11N.C5H8O3.C5H8O2.C4H9NO.C4H10O2.C3H9NO.C3H8O/c1-7(2)3-4-9-6(8)5-7;1-6-2-4-7(8)5-3-6;1-6(2)4-3-5(7)8-6;1-6-2-4-7-5-3-6;1-6-4-2-3-5-6;1-2-4-3-7-5(6)8-4;1-4-2-3-7-5(4)6;1-4(6)5(2)3;1-2-4(6)3-5;1-4-2-3-5;1-2-3-4/h3-5H2,1-2H3;6H,2-5H2,1H3;3-4H2,1-2H3;2-5H2,1H3;2-5H2,1H3;4H,2-3H2,1H3;4H,2-3H2,1H3;1-3H3;4-6H,2-3H2,1H3;4-5H,2-3H2,1H3;4H,2-3H2,1H3. The molecule has 6 saturated heterocycles. The van der Waals surface area contributed by atoms with Crippen LogP contribution in [-0.2, 0) is 52.4 Å². The van der Waals surface area contributed by atoms with Crippen molar-refractivity contribution in [3.05, 3.63) is 0 Å². The van der Waals surface area contributed by atoms with E-state index in [0.717, 1.165) is 90.0 Å². The second kappa shape index (κ2) is 49.1. The molecule has 1 aliphatic carbocycles. The maximum atomic E-state index is 10.7. The number of nitrogens with one attached hydrogen (secondary N) is 1. The average molecular weight is 1070 g/mol. The van der Waals surface area contributed by atoms with Crippen molar-refractivity contribution in [1.29, 1.82) is 0 Å². The Balaban J connectivity index is -0.000000367. The smallest absolute Gasteiger partial charge is 0.466 e. The van der Waals surface area contributed by atoms with Gasteiger partial charge in [0.1, 0.15) is 24.1 Å². The zero-order valence-corrected chi connectivity index (χ0v) is 48.9.